The maximum atomic E-state index is 5.63. The van der Waals surface area contributed by atoms with Gasteiger partial charge >= 0.3 is 0 Å². The average Bonchev–Trinajstić information content (AvgIpc) is 3.12. The molecule has 0 bridgehead atoms. The summed E-state index contributed by atoms with van der Waals surface area (Å²) in [6.07, 6.45) is 8.52. The number of likely N-dealkylation sites (N-methyl/N-ethyl adjacent to an activating group) is 1. The third-order valence-corrected chi connectivity index (χ3v) is 6.46. The molecule has 0 unspecified atom stereocenters. The predicted molar refractivity (Wildman–Crippen MR) is 108 cm³/mol. The van der Waals surface area contributed by atoms with E-state index in [0.717, 1.165) is 64.7 Å². The Bertz CT molecular complexity index is 428. The van der Waals surface area contributed by atoms with E-state index in [1.54, 1.807) is 0 Å². The second-order valence-corrected chi connectivity index (χ2v) is 8.16. The van der Waals surface area contributed by atoms with Crippen LogP contribution in [0.5, 0.6) is 0 Å². The van der Waals surface area contributed by atoms with Crippen molar-refractivity contribution in [3.8, 4) is 0 Å². The van der Waals surface area contributed by atoms with E-state index in [-0.39, 0.29) is 5.54 Å². The van der Waals surface area contributed by atoms with Crippen molar-refractivity contribution in [2.24, 2.45) is 10.4 Å². The molecular formula is C20H40N4O2. The Kier molecular flexibility index (Phi) is 8.64. The molecule has 0 atom stereocenters. The van der Waals surface area contributed by atoms with E-state index in [9.17, 15) is 0 Å². The van der Waals surface area contributed by atoms with Gasteiger partial charge in [-0.25, -0.2) is 0 Å². The van der Waals surface area contributed by atoms with Gasteiger partial charge in [-0.2, -0.15) is 0 Å². The number of hydrogen-bond acceptors (Lipinski definition) is 4. The summed E-state index contributed by atoms with van der Waals surface area (Å²) in [6, 6.07) is 0. The van der Waals surface area contributed by atoms with Gasteiger partial charge in [0.25, 0.3) is 0 Å². The molecule has 0 aromatic heterocycles. The summed E-state index contributed by atoms with van der Waals surface area (Å²) in [5, 5.41) is 7.19. The third-order valence-electron chi connectivity index (χ3n) is 6.46. The molecule has 0 aromatic rings. The van der Waals surface area contributed by atoms with Crippen molar-refractivity contribution in [1.82, 2.24) is 15.5 Å². The van der Waals surface area contributed by atoms with Gasteiger partial charge in [-0.15, -0.1) is 0 Å². The van der Waals surface area contributed by atoms with Crippen molar-refractivity contribution < 1.29 is 9.47 Å². The largest absolute Gasteiger partial charge is 0.382 e. The second kappa shape index (κ2) is 10.5. The lowest BCUT2D eigenvalue weighted by atomic mass is 9.83. The molecule has 26 heavy (non-hydrogen) atoms. The van der Waals surface area contributed by atoms with E-state index >= 15 is 0 Å². The van der Waals surface area contributed by atoms with Crippen molar-refractivity contribution in [2.75, 3.05) is 60.7 Å². The fraction of sp³-hybridized carbons (Fsp3) is 0.950. The van der Waals surface area contributed by atoms with E-state index in [2.05, 4.69) is 41.5 Å². The zero-order valence-electron chi connectivity index (χ0n) is 17.4. The number of ether oxygens (including phenoxy) is 2. The van der Waals surface area contributed by atoms with Gasteiger partial charge in [-0.3, -0.25) is 4.99 Å². The summed E-state index contributed by atoms with van der Waals surface area (Å²) in [5.74, 6) is 0.917. The zero-order chi connectivity index (χ0) is 18.9. The van der Waals surface area contributed by atoms with Crippen molar-refractivity contribution in [1.29, 1.82) is 0 Å². The fourth-order valence-electron chi connectivity index (χ4n) is 4.35. The number of nitrogens with zero attached hydrogens (tertiary/aromatic N) is 2. The highest BCUT2D eigenvalue weighted by molar-refractivity contribution is 5.79. The fourth-order valence-corrected chi connectivity index (χ4v) is 4.35. The summed E-state index contributed by atoms with van der Waals surface area (Å²) in [4.78, 5) is 6.81. The van der Waals surface area contributed by atoms with E-state index in [1.807, 2.05) is 7.05 Å². The monoisotopic (exact) mass is 368 g/mol. The van der Waals surface area contributed by atoms with Crippen LogP contribution >= 0.6 is 0 Å². The van der Waals surface area contributed by atoms with Gasteiger partial charge in [0, 0.05) is 52.1 Å². The molecule has 1 aliphatic heterocycles. The Morgan fingerprint density at radius 2 is 1.73 bits per heavy atom. The predicted octanol–water partition coefficient (Wildman–Crippen LogP) is 2.25. The van der Waals surface area contributed by atoms with Crippen LogP contribution in [0.2, 0.25) is 0 Å². The number of aliphatic imine (C=N–C) groups is 1. The van der Waals surface area contributed by atoms with Crippen molar-refractivity contribution >= 4 is 5.96 Å². The molecule has 2 fully saturated rings. The molecule has 152 valence electrons. The van der Waals surface area contributed by atoms with Crippen LogP contribution in [0.1, 0.15) is 51.9 Å². The molecule has 1 saturated heterocycles. The van der Waals surface area contributed by atoms with Crippen LogP contribution in [0.15, 0.2) is 4.99 Å². The topological polar surface area (TPSA) is 58.1 Å². The highest BCUT2D eigenvalue weighted by atomic mass is 16.5. The molecule has 6 heteroatoms. The second-order valence-electron chi connectivity index (χ2n) is 8.16. The lowest BCUT2D eigenvalue weighted by Crippen LogP contribution is -2.57. The molecule has 0 aromatic carbocycles. The Balaban J connectivity index is 1.86. The van der Waals surface area contributed by atoms with Crippen LogP contribution in [0, 0.1) is 5.41 Å². The Morgan fingerprint density at radius 1 is 1.08 bits per heavy atom. The first-order valence-corrected chi connectivity index (χ1v) is 10.3. The van der Waals surface area contributed by atoms with Gasteiger partial charge in [0.15, 0.2) is 5.96 Å². The van der Waals surface area contributed by atoms with Crippen molar-refractivity contribution in [3.05, 3.63) is 0 Å². The van der Waals surface area contributed by atoms with Gasteiger partial charge in [-0.05, 0) is 58.5 Å². The van der Waals surface area contributed by atoms with E-state index in [1.165, 1.54) is 25.7 Å². The SMILES string of the molecule is CCOCCC1(CNC(=NC)NCC2(N(C)C)CCOCC2)CCCC1. The molecule has 2 aliphatic rings. The summed E-state index contributed by atoms with van der Waals surface area (Å²) >= 11 is 0. The molecule has 2 rings (SSSR count). The van der Waals surface area contributed by atoms with E-state index in [0.29, 0.717) is 5.41 Å². The average molecular weight is 369 g/mol. The van der Waals surface area contributed by atoms with Crippen molar-refractivity contribution in [3.63, 3.8) is 0 Å². The van der Waals surface area contributed by atoms with Crippen LogP contribution in [0.3, 0.4) is 0 Å². The minimum absolute atomic E-state index is 0.149. The molecule has 1 aliphatic carbocycles. The molecule has 1 heterocycles. The molecule has 0 spiro atoms. The summed E-state index contributed by atoms with van der Waals surface area (Å²) < 4.78 is 11.2. The van der Waals surface area contributed by atoms with E-state index in [4.69, 9.17) is 9.47 Å². The molecule has 0 radical (unpaired) electrons. The minimum Gasteiger partial charge on any atom is -0.382 e. The Morgan fingerprint density at radius 3 is 2.31 bits per heavy atom. The normalized spacial score (nSPS) is 22.6. The molecule has 2 N–H and O–H groups in total. The van der Waals surface area contributed by atoms with Crippen molar-refractivity contribution in [2.45, 2.75) is 57.4 Å². The first-order chi connectivity index (χ1) is 12.6. The van der Waals surface area contributed by atoms with Gasteiger partial charge in [0.2, 0.25) is 0 Å². The van der Waals surface area contributed by atoms with Crippen LogP contribution in [0.25, 0.3) is 0 Å². The smallest absolute Gasteiger partial charge is 0.191 e. The first-order valence-electron chi connectivity index (χ1n) is 10.3. The highest BCUT2D eigenvalue weighted by Crippen LogP contribution is 2.40. The number of guanidine groups is 1. The Labute approximate surface area is 160 Å². The minimum atomic E-state index is 0.149. The van der Waals surface area contributed by atoms with Crippen LogP contribution < -0.4 is 10.6 Å². The number of hydrogen-bond donors (Lipinski definition) is 2. The number of rotatable bonds is 9. The first kappa shape index (κ1) is 21.5. The molecule has 1 saturated carbocycles. The Hall–Kier alpha value is -0.850. The summed E-state index contributed by atoms with van der Waals surface area (Å²) in [5.41, 5.74) is 0.514. The van der Waals surface area contributed by atoms with Gasteiger partial charge in [0.05, 0.1) is 0 Å². The molecule has 0 amide bonds. The standard InChI is InChI=1S/C20H40N4O2/c1-5-25-13-10-19(8-6-7-9-19)16-22-18(21-2)23-17-20(24(3)4)11-14-26-15-12-20/h5-17H2,1-4H3,(H2,21,22,23). The lowest BCUT2D eigenvalue weighted by molar-refractivity contribution is -0.00503. The third kappa shape index (κ3) is 5.83. The summed E-state index contributed by atoms with van der Waals surface area (Å²) in [6.45, 7) is 7.31. The van der Waals surface area contributed by atoms with Gasteiger partial charge in [0.1, 0.15) is 0 Å². The maximum Gasteiger partial charge on any atom is 0.191 e. The summed E-state index contributed by atoms with van der Waals surface area (Å²) in [7, 11) is 6.21. The van der Waals surface area contributed by atoms with Gasteiger partial charge < -0.3 is 25.0 Å². The lowest BCUT2D eigenvalue weighted by Gasteiger charge is -2.43. The molecule has 6 nitrogen and oxygen atoms in total. The number of nitrogens with one attached hydrogen (secondary N) is 2. The quantitative estimate of drug-likeness (QED) is 0.371. The van der Waals surface area contributed by atoms with Gasteiger partial charge in [-0.1, -0.05) is 12.8 Å². The molecular weight excluding hydrogens is 328 g/mol. The van der Waals surface area contributed by atoms with Crippen LogP contribution in [-0.4, -0.2) is 77.1 Å². The van der Waals surface area contributed by atoms with E-state index < -0.39 is 0 Å². The zero-order valence-corrected chi connectivity index (χ0v) is 17.4. The van der Waals surface area contributed by atoms with Crippen LogP contribution in [0.4, 0.5) is 0 Å². The highest BCUT2D eigenvalue weighted by Gasteiger charge is 2.36. The maximum absolute atomic E-state index is 5.63. The van der Waals surface area contributed by atoms with Crippen LogP contribution in [-0.2, 0) is 9.47 Å².